The highest BCUT2D eigenvalue weighted by Crippen LogP contribution is 2.38. The number of methoxy groups -OCH3 is 1. The normalized spacial score (nSPS) is 23.8. The van der Waals surface area contributed by atoms with Gasteiger partial charge >= 0.3 is 0 Å². The highest BCUT2D eigenvalue weighted by molar-refractivity contribution is 6.05. The number of hydrogen-bond donors (Lipinski definition) is 0. The molecular formula is C19H23FN2O3. The van der Waals surface area contributed by atoms with Gasteiger partial charge in [0.1, 0.15) is 5.82 Å². The molecule has 0 saturated carbocycles. The van der Waals surface area contributed by atoms with Crippen molar-refractivity contribution >= 4 is 11.8 Å². The van der Waals surface area contributed by atoms with Crippen molar-refractivity contribution in [1.29, 1.82) is 0 Å². The third-order valence-electron chi connectivity index (χ3n) is 5.23. The number of halogens is 1. The molecule has 0 bridgehead atoms. The van der Waals surface area contributed by atoms with Gasteiger partial charge < -0.3 is 14.5 Å². The second kappa shape index (κ2) is 6.86. The van der Waals surface area contributed by atoms with Crippen molar-refractivity contribution in [3.8, 4) is 0 Å². The average Bonchev–Trinajstić information content (AvgIpc) is 2.61. The SMILES string of the molecule is CCC1C2CCN(Cc3ccc(F)cc3)C(=O)C2=C(OC)C(=O)N1C. The summed E-state index contributed by atoms with van der Waals surface area (Å²) in [5.41, 5.74) is 1.35. The van der Waals surface area contributed by atoms with Crippen LogP contribution in [0.5, 0.6) is 0 Å². The molecule has 0 aliphatic carbocycles. The van der Waals surface area contributed by atoms with Gasteiger partial charge in [-0.1, -0.05) is 19.1 Å². The minimum Gasteiger partial charge on any atom is -0.491 e. The van der Waals surface area contributed by atoms with E-state index in [4.69, 9.17) is 4.74 Å². The molecule has 2 unspecified atom stereocenters. The van der Waals surface area contributed by atoms with E-state index in [0.29, 0.717) is 18.7 Å². The lowest BCUT2D eigenvalue weighted by Crippen LogP contribution is -2.54. The summed E-state index contributed by atoms with van der Waals surface area (Å²) in [6.45, 7) is 3.03. The van der Waals surface area contributed by atoms with Gasteiger partial charge in [-0.05, 0) is 30.5 Å². The number of carbonyl (C=O) groups excluding carboxylic acids is 2. The van der Waals surface area contributed by atoms with E-state index in [0.717, 1.165) is 18.4 Å². The van der Waals surface area contributed by atoms with Gasteiger partial charge in [0.2, 0.25) is 0 Å². The number of fused-ring (bicyclic) bond motifs is 1. The Morgan fingerprint density at radius 3 is 2.48 bits per heavy atom. The number of carbonyl (C=O) groups is 2. The molecule has 0 spiro atoms. The molecule has 2 heterocycles. The van der Waals surface area contributed by atoms with E-state index in [9.17, 15) is 14.0 Å². The fraction of sp³-hybridized carbons (Fsp3) is 0.474. The molecule has 0 aromatic heterocycles. The standard InChI is InChI=1S/C19H23FN2O3/c1-4-15-14-9-10-22(11-12-5-7-13(20)8-6-12)18(23)16(14)17(25-3)19(24)21(15)2/h5-8,14-15H,4,9-11H2,1-3H3. The van der Waals surface area contributed by atoms with Crippen molar-refractivity contribution in [2.45, 2.75) is 32.4 Å². The summed E-state index contributed by atoms with van der Waals surface area (Å²) in [4.78, 5) is 29.0. The van der Waals surface area contributed by atoms with Gasteiger partial charge in [-0.3, -0.25) is 9.59 Å². The molecule has 0 N–H and O–H groups in total. The first kappa shape index (κ1) is 17.5. The van der Waals surface area contributed by atoms with Crippen molar-refractivity contribution in [1.82, 2.24) is 9.80 Å². The number of nitrogens with zero attached hydrogens (tertiary/aromatic N) is 2. The molecule has 25 heavy (non-hydrogen) atoms. The molecule has 6 heteroatoms. The van der Waals surface area contributed by atoms with E-state index in [1.54, 1.807) is 29.0 Å². The molecule has 1 saturated heterocycles. The zero-order valence-corrected chi connectivity index (χ0v) is 14.8. The number of ether oxygens (including phenoxy) is 1. The van der Waals surface area contributed by atoms with Gasteiger partial charge in [0, 0.05) is 32.1 Å². The summed E-state index contributed by atoms with van der Waals surface area (Å²) in [6.07, 6.45) is 1.57. The summed E-state index contributed by atoms with van der Waals surface area (Å²) >= 11 is 0. The summed E-state index contributed by atoms with van der Waals surface area (Å²) in [7, 11) is 3.20. The van der Waals surface area contributed by atoms with E-state index in [1.165, 1.54) is 19.2 Å². The first-order chi connectivity index (χ1) is 12.0. The first-order valence-corrected chi connectivity index (χ1v) is 8.57. The number of piperidine rings is 1. The molecule has 2 aliphatic heterocycles. The van der Waals surface area contributed by atoms with Crippen LogP contribution >= 0.6 is 0 Å². The molecule has 1 fully saturated rings. The summed E-state index contributed by atoms with van der Waals surface area (Å²) < 4.78 is 18.4. The first-order valence-electron chi connectivity index (χ1n) is 8.57. The van der Waals surface area contributed by atoms with Crippen LogP contribution in [0.1, 0.15) is 25.3 Å². The molecule has 2 aliphatic rings. The number of amides is 2. The minimum absolute atomic E-state index is 0.000354. The van der Waals surface area contributed by atoms with Crippen LogP contribution in [0, 0.1) is 11.7 Å². The van der Waals surface area contributed by atoms with Gasteiger partial charge in [0.15, 0.2) is 5.76 Å². The summed E-state index contributed by atoms with van der Waals surface area (Å²) in [6, 6.07) is 6.14. The predicted octanol–water partition coefficient (Wildman–Crippen LogP) is 2.33. The van der Waals surface area contributed by atoms with Gasteiger partial charge in [-0.2, -0.15) is 0 Å². The van der Waals surface area contributed by atoms with Crippen LogP contribution in [0.4, 0.5) is 4.39 Å². The Hall–Kier alpha value is -2.37. The van der Waals surface area contributed by atoms with Gasteiger partial charge in [-0.25, -0.2) is 4.39 Å². The van der Waals surface area contributed by atoms with Crippen molar-refractivity contribution in [3.63, 3.8) is 0 Å². The Morgan fingerprint density at radius 1 is 1.20 bits per heavy atom. The Morgan fingerprint density at radius 2 is 1.88 bits per heavy atom. The van der Waals surface area contributed by atoms with Crippen molar-refractivity contribution < 1.29 is 18.7 Å². The zero-order valence-electron chi connectivity index (χ0n) is 14.8. The van der Waals surface area contributed by atoms with Crippen LogP contribution in [0.25, 0.3) is 0 Å². The smallest absolute Gasteiger partial charge is 0.289 e. The molecule has 0 radical (unpaired) electrons. The van der Waals surface area contributed by atoms with Gasteiger partial charge in [0.05, 0.1) is 12.7 Å². The largest absolute Gasteiger partial charge is 0.491 e. The molecule has 1 aromatic rings. The maximum absolute atomic E-state index is 13.1. The number of likely N-dealkylation sites (tertiary alicyclic amines) is 1. The number of hydrogen-bond acceptors (Lipinski definition) is 3. The molecule has 3 rings (SSSR count). The van der Waals surface area contributed by atoms with Crippen molar-refractivity contribution in [2.75, 3.05) is 20.7 Å². The number of likely N-dealkylation sites (N-methyl/N-ethyl adjacent to an activating group) is 1. The molecule has 134 valence electrons. The second-order valence-corrected chi connectivity index (χ2v) is 6.59. The Labute approximate surface area is 147 Å². The maximum atomic E-state index is 13.1. The monoisotopic (exact) mass is 346 g/mol. The third kappa shape index (κ3) is 3.01. The van der Waals surface area contributed by atoms with E-state index in [2.05, 4.69) is 0 Å². The Balaban J connectivity index is 1.91. The van der Waals surface area contributed by atoms with E-state index in [1.807, 2.05) is 6.92 Å². The Kier molecular flexibility index (Phi) is 4.79. The van der Waals surface area contributed by atoms with Crippen LogP contribution in [-0.2, 0) is 20.9 Å². The highest BCUT2D eigenvalue weighted by atomic mass is 19.1. The van der Waals surface area contributed by atoms with Crippen molar-refractivity contribution in [2.24, 2.45) is 5.92 Å². The van der Waals surface area contributed by atoms with Crippen LogP contribution in [0.2, 0.25) is 0 Å². The molecule has 5 nitrogen and oxygen atoms in total. The molecule has 1 aromatic carbocycles. The van der Waals surface area contributed by atoms with Crippen LogP contribution in [0.15, 0.2) is 35.6 Å². The quantitative estimate of drug-likeness (QED) is 0.841. The molecule has 2 atom stereocenters. The topological polar surface area (TPSA) is 49.9 Å². The van der Waals surface area contributed by atoms with Gasteiger partial charge in [0.25, 0.3) is 11.8 Å². The van der Waals surface area contributed by atoms with Crippen LogP contribution < -0.4 is 0 Å². The summed E-state index contributed by atoms with van der Waals surface area (Å²) in [5, 5.41) is 0. The van der Waals surface area contributed by atoms with Crippen LogP contribution in [0.3, 0.4) is 0 Å². The summed E-state index contributed by atoms with van der Waals surface area (Å²) in [5.74, 6) is -0.537. The minimum atomic E-state index is -0.301. The van der Waals surface area contributed by atoms with E-state index < -0.39 is 0 Å². The highest BCUT2D eigenvalue weighted by Gasteiger charge is 2.46. The predicted molar refractivity (Wildman–Crippen MR) is 90.8 cm³/mol. The van der Waals surface area contributed by atoms with Gasteiger partial charge in [-0.15, -0.1) is 0 Å². The second-order valence-electron chi connectivity index (χ2n) is 6.59. The van der Waals surface area contributed by atoms with Crippen LogP contribution in [-0.4, -0.2) is 48.4 Å². The average molecular weight is 346 g/mol. The fourth-order valence-electron chi connectivity index (χ4n) is 3.93. The molecule has 2 amide bonds. The Bertz CT molecular complexity index is 714. The van der Waals surface area contributed by atoms with E-state index >= 15 is 0 Å². The third-order valence-corrected chi connectivity index (χ3v) is 5.23. The lowest BCUT2D eigenvalue weighted by atomic mass is 9.79. The lowest BCUT2D eigenvalue weighted by Gasteiger charge is -2.44. The van der Waals surface area contributed by atoms with Crippen molar-refractivity contribution in [3.05, 3.63) is 47.0 Å². The number of benzene rings is 1. The van der Waals surface area contributed by atoms with E-state index in [-0.39, 0.29) is 35.4 Å². The zero-order chi connectivity index (χ0) is 18.1. The maximum Gasteiger partial charge on any atom is 0.289 e. The lowest BCUT2D eigenvalue weighted by molar-refractivity contribution is -0.140. The fourth-order valence-corrected chi connectivity index (χ4v) is 3.93. The number of rotatable bonds is 4. The molecular weight excluding hydrogens is 323 g/mol.